The average molecular weight is 186 g/mol. The largest absolute Gasteiger partial charge is 0.378 e. The summed E-state index contributed by atoms with van der Waals surface area (Å²) in [4.78, 5) is 0. The molecule has 0 aromatic carbocycles. The van der Waals surface area contributed by atoms with E-state index in [0.29, 0.717) is 12.0 Å². The van der Waals surface area contributed by atoms with Crippen LogP contribution in [0.4, 0.5) is 0 Å². The topological polar surface area (TPSA) is 27.7 Å². The van der Waals surface area contributed by atoms with Crippen LogP contribution in [0.5, 0.6) is 0 Å². The molecule has 1 unspecified atom stereocenters. The predicted octanol–water partition coefficient (Wildman–Crippen LogP) is 1.56. The SMILES string of the molecule is CC(C)C1CC2(CCO1)OCCO2. The van der Waals surface area contributed by atoms with E-state index in [2.05, 4.69) is 13.8 Å². The highest BCUT2D eigenvalue weighted by atomic mass is 16.7. The predicted molar refractivity (Wildman–Crippen MR) is 48.4 cm³/mol. The van der Waals surface area contributed by atoms with Crippen LogP contribution in [0.25, 0.3) is 0 Å². The highest BCUT2D eigenvalue weighted by Crippen LogP contribution is 2.35. The van der Waals surface area contributed by atoms with Crippen molar-refractivity contribution < 1.29 is 14.2 Å². The second kappa shape index (κ2) is 3.56. The van der Waals surface area contributed by atoms with Gasteiger partial charge in [0.05, 0.1) is 25.9 Å². The van der Waals surface area contributed by atoms with E-state index < -0.39 is 0 Å². The minimum absolute atomic E-state index is 0.298. The maximum absolute atomic E-state index is 5.67. The lowest BCUT2D eigenvalue weighted by atomic mass is 9.94. The Morgan fingerprint density at radius 3 is 2.46 bits per heavy atom. The Bertz CT molecular complexity index is 173. The van der Waals surface area contributed by atoms with Gasteiger partial charge in [-0.25, -0.2) is 0 Å². The second-order valence-electron chi connectivity index (χ2n) is 4.21. The maximum atomic E-state index is 5.67. The van der Waals surface area contributed by atoms with Gasteiger partial charge in [0.2, 0.25) is 0 Å². The first-order valence-corrected chi connectivity index (χ1v) is 5.11. The zero-order chi connectivity index (χ0) is 9.31. The first-order valence-electron chi connectivity index (χ1n) is 5.11. The van der Waals surface area contributed by atoms with E-state index in [1.54, 1.807) is 0 Å². The van der Waals surface area contributed by atoms with Crippen LogP contribution in [0, 0.1) is 5.92 Å². The Morgan fingerprint density at radius 2 is 1.85 bits per heavy atom. The molecule has 0 bridgehead atoms. The van der Waals surface area contributed by atoms with Gasteiger partial charge < -0.3 is 14.2 Å². The summed E-state index contributed by atoms with van der Waals surface area (Å²) in [6, 6.07) is 0. The van der Waals surface area contributed by atoms with Crippen LogP contribution in [-0.4, -0.2) is 31.7 Å². The van der Waals surface area contributed by atoms with Crippen molar-refractivity contribution >= 4 is 0 Å². The van der Waals surface area contributed by atoms with Gasteiger partial charge in [0.1, 0.15) is 0 Å². The van der Waals surface area contributed by atoms with Crippen LogP contribution in [0.1, 0.15) is 26.7 Å². The molecule has 2 aliphatic heterocycles. The van der Waals surface area contributed by atoms with E-state index >= 15 is 0 Å². The average Bonchev–Trinajstić information content (AvgIpc) is 2.53. The Kier molecular flexibility index (Phi) is 2.58. The van der Waals surface area contributed by atoms with Gasteiger partial charge in [0, 0.05) is 12.8 Å². The molecule has 0 amide bonds. The summed E-state index contributed by atoms with van der Waals surface area (Å²) in [6.45, 7) is 6.61. The van der Waals surface area contributed by atoms with Crippen LogP contribution < -0.4 is 0 Å². The molecule has 1 atom stereocenters. The van der Waals surface area contributed by atoms with Gasteiger partial charge in [-0.3, -0.25) is 0 Å². The van der Waals surface area contributed by atoms with Crippen LogP contribution in [0.15, 0.2) is 0 Å². The molecule has 2 aliphatic rings. The van der Waals surface area contributed by atoms with Crippen LogP contribution >= 0.6 is 0 Å². The van der Waals surface area contributed by atoms with Gasteiger partial charge in [-0.05, 0) is 5.92 Å². The third-order valence-electron chi connectivity index (χ3n) is 2.88. The maximum Gasteiger partial charge on any atom is 0.173 e. The first-order chi connectivity index (χ1) is 6.22. The number of hydrogen-bond acceptors (Lipinski definition) is 3. The minimum Gasteiger partial charge on any atom is -0.378 e. The normalized spacial score (nSPS) is 33.0. The Balaban J connectivity index is 1.98. The second-order valence-corrected chi connectivity index (χ2v) is 4.21. The van der Waals surface area contributed by atoms with Crippen molar-refractivity contribution in [1.82, 2.24) is 0 Å². The molecule has 2 heterocycles. The lowest BCUT2D eigenvalue weighted by Gasteiger charge is -2.37. The van der Waals surface area contributed by atoms with E-state index in [1.807, 2.05) is 0 Å². The van der Waals surface area contributed by atoms with Gasteiger partial charge in [-0.1, -0.05) is 13.8 Å². The van der Waals surface area contributed by atoms with Gasteiger partial charge in [-0.2, -0.15) is 0 Å². The molecule has 2 fully saturated rings. The molecule has 3 nitrogen and oxygen atoms in total. The minimum atomic E-state index is -0.298. The summed E-state index contributed by atoms with van der Waals surface area (Å²) < 4.78 is 17.0. The van der Waals surface area contributed by atoms with Crippen LogP contribution in [0.2, 0.25) is 0 Å². The van der Waals surface area contributed by atoms with Crippen LogP contribution in [0.3, 0.4) is 0 Å². The molecule has 0 radical (unpaired) electrons. The van der Waals surface area contributed by atoms with Gasteiger partial charge in [0.15, 0.2) is 5.79 Å². The van der Waals surface area contributed by atoms with Gasteiger partial charge in [0.25, 0.3) is 0 Å². The summed E-state index contributed by atoms with van der Waals surface area (Å²) in [5.41, 5.74) is 0. The first kappa shape index (κ1) is 9.44. The standard InChI is InChI=1S/C10H18O3/c1-8(2)9-7-10(3-4-11-9)12-5-6-13-10/h8-9H,3-7H2,1-2H3. The summed E-state index contributed by atoms with van der Waals surface area (Å²) in [7, 11) is 0. The Hall–Kier alpha value is -0.120. The van der Waals surface area contributed by atoms with E-state index in [9.17, 15) is 0 Å². The fraction of sp³-hybridized carbons (Fsp3) is 1.00. The van der Waals surface area contributed by atoms with Crippen molar-refractivity contribution in [2.24, 2.45) is 5.92 Å². The van der Waals surface area contributed by atoms with E-state index in [4.69, 9.17) is 14.2 Å². The highest BCUT2D eigenvalue weighted by Gasteiger charge is 2.42. The number of rotatable bonds is 1. The zero-order valence-corrected chi connectivity index (χ0v) is 8.41. The summed E-state index contributed by atoms with van der Waals surface area (Å²) in [5, 5.41) is 0. The molecule has 0 aromatic heterocycles. The number of ether oxygens (including phenoxy) is 3. The van der Waals surface area contributed by atoms with Crippen LogP contribution in [-0.2, 0) is 14.2 Å². The van der Waals surface area contributed by atoms with Crippen molar-refractivity contribution in [3.05, 3.63) is 0 Å². The fourth-order valence-electron chi connectivity index (χ4n) is 2.02. The lowest BCUT2D eigenvalue weighted by Crippen LogP contribution is -2.43. The number of hydrogen-bond donors (Lipinski definition) is 0. The molecule has 2 rings (SSSR count). The van der Waals surface area contributed by atoms with Gasteiger partial charge in [-0.15, -0.1) is 0 Å². The molecule has 0 N–H and O–H groups in total. The Morgan fingerprint density at radius 1 is 1.15 bits per heavy atom. The van der Waals surface area contributed by atoms with Crippen molar-refractivity contribution in [2.45, 2.75) is 38.6 Å². The third kappa shape index (κ3) is 1.87. The zero-order valence-electron chi connectivity index (χ0n) is 8.41. The lowest BCUT2D eigenvalue weighted by molar-refractivity contribution is -0.226. The molecule has 1 spiro atoms. The third-order valence-corrected chi connectivity index (χ3v) is 2.88. The van der Waals surface area contributed by atoms with E-state index in [-0.39, 0.29) is 5.79 Å². The fourth-order valence-corrected chi connectivity index (χ4v) is 2.02. The highest BCUT2D eigenvalue weighted by molar-refractivity contribution is 4.83. The Labute approximate surface area is 79.4 Å². The molecule has 76 valence electrons. The summed E-state index contributed by atoms with van der Waals surface area (Å²) in [6.07, 6.45) is 2.08. The molecule has 13 heavy (non-hydrogen) atoms. The molecule has 0 saturated carbocycles. The molecular formula is C10H18O3. The molecule has 3 heteroatoms. The van der Waals surface area contributed by atoms with Crippen molar-refractivity contribution in [2.75, 3.05) is 19.8 Å². The summed E-state index contributed by atoms with van der Waals surface area (Å²) in [5.74, 6) is 0.248. The van der Waals surface area contributed by atoms with Gasteiger partial charge >= 0.3 is 0 Å². The molecule has 0 aliphatic carbocycles. The summed E-state index contributed by atoms with van der Waals surface area (Å²) >= 11 is 0. The quantitative estimate of drug-likeness (QED) is 0.622. The van der Waals surface area contributed by atoms with Crippen molar-refractivity contribution in [1.29, 1.82) is 0 Å². The van der Waals surface area contributed by atoms with E-state index in [1.165, 1.54) is 0 Å². The molecular weight excluding hydrogens is 168 g/mol. The van der Waals surface area contributed by atoms with E-state index in [0.717, 1.165) is 32.7 Å². The molecule has 0 aromatic rings. The monoisotopic (exact) mass is 186 g/mol. The van der Waals surface area contributed by atoms with Crippen molar-refractivity contribution in [3.8, 4) is 0 Å². The van der Waals surface area contributed by atoms with Crippen molar-refractivity contribution in [3.63, 3.8) is 0 Å². The smallest absolute Gasteiger partial charge is 0.173 e. The molecule has 2 saturated heterocycles.